The van der Waals surface area contributed by atoms with Gasteiger partial charge in [-0.15, -0.1) is 0 Å². The first kappa shape index (κ1) is 15.6. The highest BCUT2D eigenvalue weighted by atomic mass is 15.2. The predicted octanol–water partition coefficient (Wildman–Crippen LogP) is 3.11. The fourth-order valence-electron chi connectivity index (χ4n) is 3.22. The van der Waals surface area contributed by atoms with E-state index in [0.29, 0.717) is 6.04 Å². The molecule has 1 aliphatic rings. The van der Waals surface area contributed by atoms with Crippen molar-refractivity contribution in [1.82, 2.24) is 14.8 Å². The Morgan fingerprint density at radius 3 is 2.65 bits per heavy atom. The second-order valence-corrected chi connectivity index (χ2v) is 6.44. The lowest BCUT2D eigenvalue weighted by atomic mass is 10.0. The first-order chi connectivity index (χ1) is 9.70. The van der Waals surface area contributed by atoms with E-state index in [0.717, 1.165) is 25.6 Å². The van der Waals surface area contributed by atoms with Gasteiger partial charge in [0.1, 0.15) is 0 Å². The molecule has 0 spiro atoms. The van der Waals surface area contributed by atoms with Crippen molar-refractivity contribution < 1.29 is 0 Å². The number of likely N-dealkylation sites (tertiary alicyclic amines) is 1. The van der Waals surface area contributed by atoms with Gasteiger partial charge in [0.2, 0.25) is 0 Å². The Hall–Kier alpha value is -0.800. The van der Waals surface area contributed by atoms with Crippen LogP contribution in [0.1, 0.15) is 45.6 Å². The minimum atomic E-state index is 0.690. The highest BCUT2D eigenvalue weighted by molar-refractivity contribution is 5.09. The summed E-state index contributed by atoms with van der Waals surface area (Å²) in [7, 11) is 0. The van der Waals surface area contributed by atoms with Crippen LogP contribution >= 0.6 is 0 Å². The molecule has 0 aliphatic carbocycles. The molecule has 3 heteroatoms. The number of hydrogen-bond donors (Lipinski definition) is 1. The van der Waals surface area contributed by atoms with Gasteiger partial charge < -0.3 is 9.88 Å². The van der Waals surface area contributed by atoms with Crippen molar-refractivity contribution in [3.8, 4) is 0 Å². The quantitative estimate of drug-likeness (QED) is 0.788. The first-order valence-corrected chi connectivity index (χ1v) is 8.30. The van der Waals surface area contributed by atoms with Gasteiger partial charge in [0.25, 0.3) is 0 Å². The Morgan fingerprint density at radius 1 is 1.25 bits per heavy atom. The third-order valence-corrected chi connectivity index (χ3v) is 4.36. The van der Waals surface area contributed by atoms with E-state index < -0.39 is 0 Å². The van der Waals surface area contributed by atoms with Gasteiger partial charge in [0.15, 0.2) is 0 Å². The number of hydrogen-bond acceptors (Lipinski definition) is 2. The van der Waals surface area contributed by atoms with Gasteiger partial charge >= 0.3 is 0 Å². The third kappa shape index (κ3) is 4.35. The lowest BCUT2D eigenvalue weighted by Crippen LogP contribution is -2.44. The van der Waals surface area contributed by atoms with E-state index in [4.69, 9.17) is 0 Å². The van der Waals surface area contributed by atoms with Gasteiger partial charge in [-0.25, -0.2) is 0 Å². The van der Waals surface area contributed by atoms with Crippen molar-refractivity contribution in [1.29, 1.82) is 0 Å². The van der Waals surface area contributed by atoms with Gasteiger partial charge in [0, 0.05) is 38.1 Å². The highest BCUT2D eigenvalue weighted by Gasteiger charge is 2.23. The number of aryl methyl sites for hydroxylation is 1. The van der Waals surface area contributed by atoms with Crippen molar-refractivity contribution in [2.45, 2.75) is 59.2 Å². The summed E-state index contributed by atoms with van der Waals surface area (Å²) in [6, 6.07) is 2.93. The normalized spacial score (nSPS) is 18.0. The zero-order valence-corrected chi connectivity index (χ0v) is 13.4. The summed E-state index contributed by atoms with van der Waals surface area (Å²) in [4.78, 5) is 2.67. The lowest BCUT2D eigenvalue weighted by Gasteiger charge is -2.31. The maximum Gasteiger partial charge on any atom is 0.0243 e. The molecular weight excluding hydrogens is 246 g/mol. The molecule has 2 rings (SSSR count). The first-order valence-electron chi connectivity index (χ1n) is 8.30. The number of rotatable bonds is 8. The molecule has 1 fully saturated rings. The van der Waals surface area contributed by atoms with Crippen LogP contribution < -0.4 is 5.32 Å². The van der Waals surface area contributed by atoms with Crippen molar-refractivity contribution >= 4 is 0 Å². The summed E-state index contributed by atoms with van der Waals surface area (Å²) < 4.78 is 2.29. The second kappa shape index (κ2) is 7.84. The molecule has 1 aromatic rings. The van der Waals surface area contributed by atoms with E-state index in [-0.39, 0.29) is 0 Å². The number of nitrogens with one attached hydrogen (secondary N) is 1. The molecule has 0 saturated carbocycles. The molecule has 2 heterocycles. The third-order valence-electron chi connectivity index (χ3n) is 4.36. The fraction of sp³-hybridized carbons (Fsp3) is 0.765. The SMILES string of the molecule is CCCn1ccc(CNCC(C(C)C)N2CCCC2)c1. The summed E-state index contributed by atoms with van der Waals surface area (Å²) in [5.74, 6) is 0.727. The van der Waals surface area contributed by atoms with Crippen LogP contribution in [-0.4, -0.2) is 35.1 Å². The molecule has 1 saturated heterocycles. The predicted molar refractivity (Wildman–Crippen MR) is 85.9 cm³/mol. The van der Waals surface area contributed by atoms with Crippen LogP contribution in [0.3, 0.4) is 0 Å². The van der Waals surface area contributed by atoms with E-state index in [2.05, 4.69) is 54.0 Å². The fourth-order valence-corrected chi connectivity index (χ4v) is 3.22. The van der Waals surface area contributed by atoms with Crippen molar-refractivity contribution in [2.75, 3.05) is 19.6 Å². The number of nitrogens with zero attached hydrogens (tertiary/aromatic N) is 2. The second-order valence-electron chi connectivity index (χ2n) is 6.44. The largest absolute Gasteiger partial charge is 0.354 e. The molecule has 1 aromatic heterocycles. The average Bonchev–Trinajstić information content (AvgIpc) is 3.06. The van der Waals surface area contributed by atoms with Gasteiger partial charge in [-0.05, 0) is 49.9 Å². The van der Waals surface area contributed by atoms with Crippen LogP contribution in [0.25, 0.3) is 0 Å². The van der Waals surface area contributed by atoms with Crippen LogP contribution in [0, 0.1) is 5.92 Å². The lowest BCUT2D eigenvalue weighted by molar-refractivity contribution is 0.186. The molecule has 0 radical (unpaired) electrons. The summed E-state index contributed by atoms with van der Waals surface area (Å²) in [5, 5.41) is 3.66. The summed E-state index contributed by atoms with van der Waals surface area (Å²) in [5.41, 5.74) is 1.40. The van der Waals surface area contributed by atoms with Crippen molar-refractivity contribution in [3.05, 3.63) is 24.0 Å². The molecule has 1 unspecified atom stereocenters. The standard InChI is InChI=1S/C17H31N3/c1-4-8-19-11-7-16(14-19)12-18-13-17(15(2)3)20-9-5-6-10-20/h7,11,14-15,17-18H,4-6,8-10,12-13H2,1-3H3. The van der Waals surface area contributed by atoms with Crippen LogP contribution in [0.15, 0.2) is 18.5 Å². The van der Waals surface area contributed by atoms with E-state index >= 15 is 0 Å². The zero-order chi connectivity index (χ0) is 14.4. The van der Waals surface area contributed by atoms with Crippen LogP contribution in [0.4, 0.5) is 0 Å². The number of aromatic nitrogens is 1. The van der Waals surface area contributed by atoms with E-state index in [1.165, 1.54) is 37.9 Å². The summed E-state index contributed by atoms with van der Waals surface area (Å²) in [6.07, 6.45) is 8.43. The molecule has 1 atom stereocenters. The Kier molecular flexibility index (Phi) is 6.11. The van der Waals surface area contributed by atoms with Crippen molar-refractivity contribution in [3.63, 3.8) is 0 Å². The molecule has 1 aliphatic heterocycles. The topological polar surface area (TPSA) is 20.2 Å². The maximum atomic E-state index is 3.66. The Bertz CT molecular complexity index is 377. The van der Waals surface area contributed by atoms with Gasteiger partial charge in [-0.1, -0.05) is 20.8 Å². The van der Waals surface area contributed by atoms with Gasteiger partial charge in [0.05, 0.1) is 0 Å². The van der Waals surface area contributed by atoms with Crippen LogP contribution in [-0.2, 0) is 13.1 Å². The summed E-state index contributed by atoms with van der Waals surface area (Å²) in [6.45, 7) is 12.7. The monoisotopic (exact) mass is 277 g/mol. The average molecular weight is 277 g/mol. The minimum Gasteiger partial charge on any atom is -0.354 e. The molecule has 1 N–H and O–H groups in total. The Labute approximate surface area is 124 Å². The highest BCUT2D eigenvalue weighted by Crippen LogP contribution is 2.17. The molecular formula is C17H31N3. The minimum absolute atomic E-state index is 0.690. The van der Waals surface area contributed by atoms with E-state index in [1.54, 1.807) is 0 Å². The zero-order valence-electron chi connectivity index (χ0n) is 13.4. The Balaban J connectivity index is 1.77. The molecule has 20 heavy (non-hydrogen) atoms. The maximum absolute atomic E-state index is 3.66. The van der Waals surface area contributed by atoms with Crippen LogP contribution in [0.5, 0.6) is 0 Å². The molecule has 0 bridgehead atoms. The smallest absolute Gasteiger partial charge is 0.0243 e. The molecule has 3 nitrogen and oxygen atoms in total. The molecule has 114 valence electrons. The molecule has 0 amide bonds. The van der Waals surface area contributed by atoms with E-state index in [1.807, 2.05) is 0 Å². The van der Waals surface area contributed by atoms with Crippen molar-refractivity contribution in [2.24, 2.45) is 5.92 Å². The summed E-state index contributed by atoms with van der Waals surface area (Å²) >= 11 is 0. The van der Waals surface area contributed by atoms with E-state index in [9.17, 15) is 0 Å². The van der Waals surface area contributed by atoms with Crippen LogP contribution in [0.2, 0.25) is 0 Å². The Morgan fingerprint density at radius 2 is 2.00 bits per heavy atom. The molecule has 0 aromatic carbocycles. The van der Waals surface area contributed by atoms with Gasteiger partial charge in [-0.3, -0.25) is 4.90 Å². The van der Waals surface area contributed by atoms with Gasteiger partial charge in [-0.2, -0.15) is 0 Å².